The van der Waals surface area contributed by atoms with Gasteiger partial charge in [-0.05, 0) is 54.2 Å². The van der Waals surface area contributed by atoms with Crippen LogP contribution in [0.1, 0.15) is 29.3 Å². The van der Waals surface area contributed by atoms with E-state index in [-0.39, 0.29) is 17.5 Å². The molecular formula is C21H20N2O4S. The Morgan fingerprint density at radius 2 is 1.93 bits per heavy atom. The van der Waals surface area contributed by atoms with Gasteiger partial charge in [-0.1, -0.05) is 12.1 Å². The minimum atomic E-state index is -0.830. The van der Waals surface area contributed by atoms with Crippen LogP contribution in [-0.2, 0) is 5.54 Å². The van der Waals surface area contributed by atoms with Gasteiger partial charge in [0.25, 0.3) is 0 Å². The van der Waals surface area contributed by atoms with E-state index < -0.39 is 5.54 Å². The van der Waals surface area contributed by atoms with E-state index in [0.29, 0.717) is 17.1 Å². The fraction of sp³-hybridized carbons (Fsp3) is 0.190. The van der Waals surface area contributed by atoms with Gasteiger partial charge >= 0.3 is 0 Å². The molecule has 144 valence electrons. The number of hydrogen-bond donors (Lipinski definition) is 4. The van der Waals surface area contributed by atoms with Crippen molar-refractivity contribution < 1.29 is 19.4 Å². The van der Waals surface area contributed by atoms with E-state index in [1.165, 1.54) is 6.07 Å². The zero-order valence-corrected chi connectivity index (χ0v) is 16.0. The maximum absolute atomic E-state index is 10.7. The summed E-state index contributed by atoms with van der Waals surface area (Å²) in [5.41, 5.74) is 0.676. The fourth-order valence-electron chi connectivity index (χ4n) is 3.74. The third kappa shape index (κ3) is 3.14. The lowest BCUT2D eigenvalue weighted by Gasteiger charge is -2.44. The van der Waals surface area contributed by atoms with Crippen molar-refractivity contribution >= 4 is 17.3 Å². The van der Waals surface area contributed by atoms with Crippen LogP contribution < -0.4 is 15.4 Å². The monoisotopic (exact) mass is 396 g/mol. The van der Waals surface area contributed by atoms with Crippen molar-refractivity contribution in [2.45, 2.75) is 18.0 Å². The third-order valence-corrected chi connectivity index (χ3v) is 5.27. The number of ether oxygens (including phenoxy) is 1. The maximum atomic E-state index is 10.7. The van der Waals surface area contributed by atoms with Gasteiger partial charge in [-0.2, -0.15) is 0 Å². The first kappa shape index (κ1) is 18.2. The molecule has 0 radical (unpaired) electrons. The second-order valence-corrected chi connectivity index (χ2v) is 7.11. The molecule has 2 aromatic carbocycles. The van der Waals surface area contributed by atoms with Crippen molar-refractivity contribution in [3.8, 4) is 17.2 Å². The number of phenolic OH excluding ortho intramolecular Hbond substituents is 2. The largest absolute Gasteiger partial charge is 0.508 e. The van der Waals surface area contributed by atoms with Crippen molar-refractivity contribution in [2.75, 3.05) is 7.11 Å². The summed E-state index contributed by atoms with van der Waals surface area (Å²) in [6.45, 7) is 0. The molecule has 2 heterocycles. The number of methoxy groups -OCH3 is 1. The molecule has 4 N–H and O–H groups in total. The number of nitrogens with one attached hydrogen (secondary N) is 2. The zero-order valence-electron chi connectivity index (χ0n) is 15.2. The van der Waals surface area contributed by atoms with Crippen LogP contribution in [0.25, 0.3) is 0 Å². The summed E-state index contributed by atoms with van der Waals surface area (Å²) in [6.07, 6.45) is 2.14. The molecule has 4 rings (SSSR count). The van der Waals surface area contributed by atoms with E-state index in [0.717, 1.165) is 17.1 Å². The number of furan rings is 1. The predicted molar refractivity (Wildman–Crippen MR) is 108 cm³/mol. The summed E-state index contributed by atoms with van der Waals surface area (Å²) in [5, 5.41) is 27.5. The second kappa shape index (κ2) is 7.09. The molecule has 1 aliphatic heterocycles. The number of benzene rings is 2. The highest BCUT2D eigenvalue weighted by Gasteiger charge is 2.44. The van der Waals surface area contributed by atoms with Gasteiger partial charge in [0.1, 0.15) is 23.0 Å². The minimum absolute atomic E-state index is 0.00905. The summed E-state index contributed by atoms with van der Waals surface area (Å²) >= 11 is 5.50. The van der Waals surface area contributed by atoms with Gasteiger partial charge < -0.3 is 30.0 Å². The lowest BCUT2D eigenvalue weighted by molar-refractivity contribution is 0.302. The minimum Gasteiger partial charge on any atom is -0.508 e. The lowest BCUT2D eigenvalue weighted by Crippen LogP contribution is -2.57. The molecule has 0 bridgehead atoms. The molecule has 1 saturated heterocycles. The highest BCUT2D eigenvalue weighted by molar-refractivity contribution is 7.80. The highest BCUT2D eigenvalue weighted by Crippen LogP contribution is 2.44. The van der Waals surface area contributed by atoms with Crippen LogP contribution in [0.2, 0.25) is 0 Å². The van der Waals surface area contributed by atoms with E-state index in [1.807, 2.05) is 36.4 Å². The van der Waals surface area contributed by atoms with E-state index >= 15 is 0 Å². The lowest BCUT2D eigenvalue weighted by atomic mass is 9.76. The van der Waals surface area contributed by atoms with E-state index in [1.54, 1.807) is 25.5 Å². The Morgan fingerprint density at radius 3 is 2.57 bits per heavy atom. The van der Waals surface area contributed by atoms with E-state index in [2.05, 4.69) is 10.6 Å². The average Bonchev–Trinajstić information content (AvgIpc) is 3.22. The summed E-state index contributed by atoms with van der Waals surface area (Å²) in [5.74, 6) is 1.45. The second-order valence-electron chi connectivity index (χ2n) is 6.71. The molecule has 1 aromatic heterocycles. The molecule has 0 unspecified atom stereocenters. The van der Waals surface area contributed by atoms with E-state index in [4.69, 9.17) is 21.4 Å². The molecule has 0 amide bonds. The highest BCUT2D eigenvalue weighted by atomic mass is 32.1. The third-order valence-electron chi connectivity index (χ3n) is 5.05. The molecule has 7 heteroatoms. The molecule has 6 nitrogen and oxygen atoms in total. The molecule has 3 aromatic rings. The molecule has 1 fully saturated rings. The van der Waals surface area contributed by atoms with Crippen molar-refractivity contribution in [1.29, 1.82) is 0 Å². The first-order valence-electron chi connectivity index (χ1n) is 8.81. The summed E-state index contributed by atoms with van der Waals surface area (Å²) < 4.78 is 10.9. The van der Waals surface area contributed by atoms with Crippen LogP contribution in [0.15, 0.2) is 65.3 Å². The Morgan fingerprint density at radius 1 is 1.14 bits per heavy atom. The van der Waals surface area contributed by atoms with Crippen molar-refractivity contribution in [3.63, 3.8) is 0 Å². The molecule has 28 heavy (non-hydrogen) atoms. The smallest absolute Gasteiger partial charge is 0.167 e. The van der Waals surface area contributed by atoms with Gasteiger partial charge in [-0.25, -0.2) is 0 Å². The molecule has 1 aliphatic rings. The van der Waals surface area contributed by atoms with Crippen LogP contribution in [0, 0.1) is 0 Å². The normalized spacial score (nSPS) is 21.6. The molecule has 2 atom stereocenters. The Labute approximate surface area is 167 Å². The van der Waals surface area contributed by atoms with Gasteiger partial charge in [0.2, 0.25) is 0 Å². The van der Waals surface area contributed by atoms with Gasteiger partial charge in [-0.15, -0.1) is 0 Å². The standard InChI is InChI=1S/C21H20N2O4S/c1-26-15-7-4-13(5-8-15)21(16-9-6-14(24)11-18(16)25)12-17(22-20(28)23-21)19-3-2-10-27-19/h2-11,17,24-25H,12H2,1H3,(H2,22,23,28)/t17-,21+/m0/s1. The molecule has 0 aliphatic carbocycles. The Bertz CT molecular complexity index is 988. The van der Waals surface area contributed by atoms with Gasteiger partial charge in [0, 0.05) is 18.1 Å². The number of rotatable bonds is 4. The van der Waals surface area contributed by atoms with Crippen LogP contribution in [0.4, 0.5) is 0 Å². The van der Waals surface area contributed by atoms with Gasteiger partial charge in [0.05, 0.1) is 25.0 Å². The Balaban J connectivity index is 1.88. The zero-order chi connectivity index (χ0) is 19.7. The van der Waals surface area contributed by atoms with Crippen LogP contribution in [-0.4, -0.2) is 22.4 Å². The number of aromatic hydroxyl groups is 2. The number of hydrogen-bond acceptors (Lipinski definition) is 5. The molecule has 0 saturated carbocycles. The van der Waals surface area contributed by atoms with Crippen molar-refractivity contribution in [2.24, 2.45) is 0 Å². The predicted octanol–water partition coefficient (Wildman–Crippen LogP) is 3.55. The van der Waals surface area contributed by atoms with Gasteiger partial charge in [-0.3, -0.25) is 0 Å². The van der Waals surface area contributed by atoms with Crippen molar-refractivity contribution in [1.82, 2.24) is 10.6 Å². The number of phenols is 2. The Kier molecular flexibility index (Phi) is 4.60. The average molecular weight is 396 g/mol. The van der Waals surface area contributed by atoms with E-state index in [9.17, 15) is 10.2 Å². The first-order chi connectivity index (χ1) is 13.5. The van der Waals surface area contributed by atoms with Crippen molar-refractivity contribution in [3.05, 3.63) is 77.7 Å². The summed E-state index contributed by atoms with van der Waals surface area (Å²) in [7, 11) is 1.61. The summed E-state index contributed by atoms with van der Waals surface area (Å²) in [6, 6.07) is 15.7. The Hall–Kier alpha value is -3.19. The topological polar surface area (TPSA) is 86.9 Å². The maximum Gasteiger partial charge on any atom is 0.167 e. The van der Waals surface area contributed by atoms with Crippen LogP contribution in [0.3, 0.4) is 0 Å². The fourth-order valence-corrected chi connectivity index (χ4v) is 4.05. The van der Waals surface area contributed by atoms with Gasteiger partial charge in [0.15, 0.2) is 5.11 Å². The molecule has 0 spiro atoms. The molecular weight excluding hydrogens is 376 g/mol. The summed E-state index contributed by atoms with van der Waals surface area (Å²) in [4.78, 5) is 0. The SMILES string of the molecule is COc1ccc([C@@]2(c3ccc(O)cc3O)C[C@@H](c3ccco3)NC(=S)N2)cc1. The number of thiocarbonyl (C=S) groups is 1. The van der Waals surface area contributed by atoms with Crippen LogP contribution in [0.5, 0.6) is 17.2 Å². The first-order valence-corrected chi connectivity index (χ1v) is 9.22. The quantitative estimate of drug-likeness (QED) is 0.502. The van der Waals surface area contributed by atoms with Crippen LogP contribution >= 0.6 is 12.2 Å².